The van der Waals surface area contributed by atoms with Gasteiger partial charge in [-0.2, -0.15) is 0 Å². The topological polar surface area (TPSA) is 61.8 Å². The minimum atomic E-state index is -0.597. The van der Waals surface area contributed by atoms with Gasteiger partial charge >= 0.3 is 0 Å². The molecule has 0 atom stereocenters. The summed E-state index contributed by atoms with van der Waals surface area (Å²) in [4.78, 5) is 25.7. The second kappa shape index (κ2) is 10.3. The summed E-state index contributed by atoms with van der Waals surface area (Å²) in [6.07, 6.45) is 1.54. The van der Waals surface area contributed by atoms with E-state index in [9.17, 15) is 9.59 Å². The first-order chi connectivity index (χ1) is 14.9. The Labute approximate surface area is 190 Å². The number of halogens is 1. The van der Waals surface area contributed by atoms with Crippen LogP contribution in [0.15, 0.2) is 65.1 Å². The van der Waals surface area contributed by atoms with Gasteiger partial charge in [-0.3, -0.25) is 9.59 Å². The monoisotopic (exact) mass is 482 g/mol. The minimum absolute atomic E-state index is 0.252. The van der Waals surface area contributed by atoms with Gasteiger partial charge in [-0.1, -0.05) is 28.1 Å². The lowest BCUT2D eigenvalue weighted by Gasteiger charge is -2.10. The third-order valence-corrected chi connectivity index (χ3v) is 5.39. The quantitative estimate of drug-likeness (QED) is 0.304. The molecule has 0 spiro atoms. The standard InChI is InChI=1S/C25H23BrO5/c1-29-21-9-6-16(7-10-21)4-5-17-12-19(14-20(26)13-17)25(28)24(27)18-8-11-22(30-2)23(15-18)31-3/h6-15H,4-5H2,1-3H3. The third kappa shape index (κ3) is 5.52. The Hall–Kier alpha value is -3.12. The van der Waals surface area contributed by atoms with Crippen LogP contribution in [0.5, 0.6) is 17.2 Å². The van der Waals surface area contributed by atoms with Crippen molar-refractivity contribution in [1.82, 2.24) is 0 Å². The minimum Gasteiger partial charge on any atom is -0.497 e. The van der Waals surface area contributed by atoms with Crippen LogP contribution in [0, 0.1) is 0 Å². The van der Waals surface area contributed by atoms with Gasteiger partial charge in [0.25, 0.3) is 0 Å². The summed E-state index contributed by atoms with van der Waals surface area (Å²) in [5.41, 5.74) is 2.73. The van der Waals surface area contributed by atoms with Gasteiger partial charge in [-0.25, -0.2) is 0 Å². The smallest absolute Gasteiger partial charge is 0.233 e. The maximum atomic E-state index is 12.9. The number of ether oxygens (including phenoxy) is 3. The normalized spacial score (nSPS) is 10.5. The number of carbonyl (C=O) groups excluding carboxylic acids is 2. The van der Waals surface area contributed by atoms with Crippen molar-refractivity contribution in [3.05, 3.63) is 87.4 Å². The van der Waals surface area contributed by atoms with Crippen molar-refractivity contribution >= 4 is 27.5 Å². The molecule has 0 unspecified atom stereocenters. The van der Waals surface area contributed by atoms with Gasteiger partial charge in [0.1, 0.15) is 5.75 Å². The highest BCUT2D eigenvalue weighted by Crippen LogP contribution is 2.28. The molecule has 0 saturated heterocycles. The van der Waals surface area contributed by atoms with E-state index in [1.165, 1.54) is 20.3 Å². The van der Waals surface area contributed by atoms with Crippen molar-refractivity contribution in [1.29, 1.82) is 0 Å². The molecule has 3 aromatic rings. The summed E-state index contributed by atoms with van der Waals surface area (Å²) >= 11 is 3.46. The molecular weight excluding hydrogens is 460 g/mol. The molecule has 0 saturated carbocycles. The lowest BCUT2D eigenvalue weighted by Crippen LogP contribution is -2.15. The van der Waals surface area contributed by atoms with Gasteiger partial charge in [-0.05, 0) is 72.5 Å². The third-order valence-electron chi connectivity index (χ3n) is 4.93. The zero-order chi connectivity index (χ0) is 22.4. The summed E-state index contributed by atoms with van der Waals surface area (Å²) in [5, 5.41) is 0. The van der Waals surface area contributed by atoms with Gasteiger partial charge in [0.05, 0.1) is 21.3 Å². The van der Waals surface area contributed by atoms with Crippen LogP contribution in [0.3, 0.4) is 0 Å². The lowest BCUT2D eigenvalue weighted by atomic mass is 9.97. The van der Waals surface area contributed by atoms with Gasteiger partial charge in [0.2, 0.25) is 11.6 Å². The van der Waals surface area contributed by atoms with Crippen molar-refractivity contribution < 1.29 is 23.8 Å². The zero-order valence-corrected chi connectivity index (χ0v) is 19.2. The van der Waals surface area contributed by atoms with Crippen molar-refractivity contribution in [3.63, 3.8) is 0 Å². The summed E-state index contributed by atoms with van der Waals surface area (Å²) in [7, 11) is 4.63. The second-order valence-corrected chi connectivity index (χ2v) is 7.84. The Bertz CT molecular complexity index is 1090. The number of hydrogen-bond donors (Lipinski definition) is 0. The number of methoxy groups -OCH3 is 3. The highest BCUT2D eigenvalue weighted by Gasteiger charge is 2.21. The van der Waals surface area contributed by atoms with Crippen LogP contribution in [0.4, 0.5) is 0 Å². The van der Waals surface area contributed by atoms with Crippen LogP contribution in [-0.2, 0) is 12.8 Å². The number of Topliss-reactive ketones (excluding diaryl/α,β-unsaturated/α-hetero) is 2. The van der Waals surface area contributed by atoms with Crippen LogP contribution < -0.4 is 14.2 Å². The van der Waals surface area contributed by atoms with Crippen molar-refractivity contribution in [2.45, 2.75) is 12.8 Å². The van der Waals surface area contributed by atoms with E-state index in [4.69, 9.17) is 14.2 Å². The molecule has 31 heavy (non-hydrogen) atoms. The number of carbonyl (C=O) groups is 2. The molecule has 0 aliphatic carbocycles. The fourth-order valence-electron chi connectivity index (χ4n) is 3.25. The van der Waals surface area contributed by atoms with E-state index in [-0.39, 0.29) is 5.56 Å². The molecule has 3 aromatic carbocycles. The van der Waals surface area contributed by atoms with E-state index in [1.807, 2.05) is 30.3 Å². The molecule has 3 rings (SSSR count). The van der Waals surface area contributed by atoms with Crippen molar-refractivity contribution in [2.75, 3.05) is 21.3 Å². The molecule has 0 N–H and O–H groups in total. The predicted molar refractivity (Wildman–Crippen MR) is 123 cm³/mol. The molecule has 0 aromatic heterocycles. The molecular formula is C25H23BrO5. The number of benzene rings is 3. The number of aryl methyl sites for hydroxylation is 2. The maximum absolute atomic E-state index is 12.9. The van der Waals surface area contributed by atoms with Gasteiger partial charge < -0.3 is 14.2 Å². The highest BCUT2D eigenvalue weighted by molar-refractivity contribution is 9.10. The van der Waals surface area contributed by atoms with E-state index in [2.05, 4.69) is 15.9 Å². The first-order valence-electron chi connectivity index (χ1n) is 9.68. The second-order valence-electron chi connectivity index (χ2n) is 6.92. The van der Waals surface area contributed by atoms with Crippen LogP contribution >= 0.6 is 15.9 Å². The van der Waals surface area contributed by atoms with Crippen LogP contribution in [0.25, 0.3) is 0 Å². The lowest BCUT2D eigenvalue weighted by molar-refractivity contribution is 0.0816. The Morgan fingerprint density at radius 3 is 1.97 bits per heavy atom. The fraction of sp³-hybridized carbons (Fsp3) is 0.200. The van der Waals surface area contributed by atoms with E-state index in [1.54, 1.807) is 31.4 Å². The van der Waals surface area contributed by atoms with Crippen molar-refractivity contribution in [3.8, 4) is 17.2 Å². The van der Waals surface area contributed by atoms with E-state index < -0.39 is 11.6 Å². The Morgan fingerprint density at radius 2 is 1.32 bits per heavy atom. The molecule has 0 fully saturated rings. The Morgan fingerprint density at radius 1 is 0.677 bits per heavy atom. The van der Waals surface area contributed by atoms with Crippen LogP contribution in [0.1, 0.15) is 31.8 Å². The summed E-state index contributed by atoms with van der Waals surface area (Å²) in [5.74, 6) is 0.539. The van der Waals surface area contributed by atoms with E-state index >= 15 is 0 Å². The largest absolute Gasteiger partial charge is 0.497 e. The molecule has 0 amide bonds. The first kappa shape index (κ1) is 22.6. The van der Waals surface area contributed by atoms with E-state index in [0.717, 1.165) is 34.2 Å². The molecule has 0 radical (unpaired) electrons. The summed E-state index contributed by atoms with van der Waals surface area (Å²) in [6.45, 7) is 0. The molecule has 6 heteroatoms. The maximum Gasteiger partial charge on any atom is 0.233 e. The number of rotatable bonds is 9. The molecule has 160 valence electrons. The van der Waals surface area contributed by atoms with E-state index in [0.29, 0.717) is 17.1 Å². The molecule has 0 aliphatic rings. The van der Waals surface area contributed by atoms with Crippen LogP contribution in [0.2, 0.25) is 0 Å². The average molecular weight is 483 g/mol. The van der Waals surface area contributed by atoms with Gasteiger partial charge in [0.15, 0.2) is 11.5 Å². The number of ketones is 2. The highest BCUT2D eigenvalue weighted by atomic mass is 79.9. The molecule has 0 bridgehead atoms. The SMILES string of the molecule is COc1ccc(CCc2cc(Br)cc(C(=O)C(=O)c3ccc(OC)c(OC)c3)c2)cc1. The van der Waals surface area contributed by atoms with Gasteiger partial charge in [-0.15, -0.1) is 0 Å². The van der Waals surface area contributed by atoms with Crippen LogP contribution in [-0.4, -0.2) is 32.9 Å². The Balaban J connectivity index is 1.78. The van der Waals surface area contributed by atoms with Gasteiger partial charge in [0, 0.05) is 15.6 Å². The molecule has 0 aliphatic heterocycles. The summed E-state index contributed by atoms with van der Waals surface area (Å²) in [6, 6.07) is 18.0. The predicted octanol–water partition coefficient (Wildman–Crippen LogP) is 5.33. The van der Waals surface area contributed by atoms with Crippen molar-refractivity contribution in [2.24, 2.45) is 0 Å². The first-order valence-corrected chi connectivity index (χ1v) is 10.5. The zero-order valence-electron chi connectivity index (χ0n) is 17.6. The fourth-order valence-corrected chi connectivity index (χ4v) is 3.79. The number of hydrogen-bond acceptors (Lipinski definition) is 5. The summed E-state index contributed by atoms with van der Waals surface area (Å²) < 4.78 is 16.4. The Kier molecular flexibility index (Phi) is 7.47. The average Bonchev–Trinajstić information content (AvgIpc) is 2.81. The molecule has 5 nitrogen and oxygen atoms in total. The molecule has 0 heterocycles.